The van der Waals surface area contributed by atoms with Crippen LogP contribution in [0.15, 0.2) is 92.0 Å². The molecule has 4 heterocycles. The summed E-state index contributed by atoms with van der Waals surface area (Å²) in [7, 11) is -7.00. The predicted molar refractivity (Wildman–Crippen MR) is 185 cm³/mol. The van der Waals surface area contributed by atoms with Crippen molar-refractivity contribution in [1.29, 1.82) is 0 Å². The number of carbonyl (C=O) groups is 2. The molecule has 47 heavy (non-hydrogen) atoms. The highest BCUT2D eigenvalue weighted by Crippen LogP contribution is 2.29. The first-order valence-electron chi connectivity index (χ1n) is 15.5. The van der Waals surface area contributed by atoms with Gasteiger partial charge in [0, 0.05) is 49.4 Å². The molecular weight excluding hydrogens is 677 g/mol. The second-order valence-electron chi connectivity index (χ2n) is 11.8. The minimum absolute atomic E-state index is 0.0995. The van der Waals surface area contributed by atoms with Gasteiger partial charge in [-0.3, -0.25) is 9.59 Å². The van der Waals surface area contributed by atoms with Gasteiger partial charge in [0.25, 0.3) is 20.0 Å². The van der Waals surface area contributed by atoms with E-state index in [2.05, 4.69) is 10.6 Å². The van der Waals surface area contributed by atoms with Crippen LogP contribution in [-0.4, -0.2) is 63.4 Å². The molecule has 2 saturated heterocycles. The van der Waals surface area contributed by atoms with Crippen LogP contribution in [0.2, 0.25) is 0 Å². The molecule has 0 spiro atoms. The summed E-state index contributed by atoms with van der Waals surface area (Å²) < 4.78 is 54.6. The summed E-state index contributed by atoms with van der Waals surface area (Å²) in [5.41, 5.74) is 3.52. The molecule has 2 amide bonds. The first kappa shape index (κ1) is 33.5. The van der Waals surface area contributed by atoms with Crippen molar-refractivity contribution in [3.63, 3.8) is 0 Å². The van der Waals surface area contributed by atoms with E-state index in [-0.39, 0.29) is 23.7 Å². The molecular formula is C33H36N4O6S4. The third-order valence-electron chi connectivity index (χ3n) is 8.68. The average Bonchev–Trinajstić information content (AvgIpc) is 3.83. The predicted octanol–water partition coefficient (Wildman–Crippen LogP) is 5.48. The number of nitrogens with one attached hydrogen (secondary N) is 2. The molecule has 2 N–H and O–H groups in total. The van der Waals surface area contributed by atoms with E-state index in [1.165, 1.54) is 31.3 Å². The molecule has 2 fully saturated rings. The van der Waals surface area contributed by atoms with Crippen molar-refractivity contribution in [2.24, 2.45) is 11.8 Å². The van der Waals surface area contributed by atoms with Crippen molar-refractivity contribution in [3.8, 4) is 0 Å². The molecule has 0 radical (unpaired) electrons. The van der Waals surface area contributed by atoms with Gasteiger partial charge in [-0.25, -0.2) is 16.8 Å². The lowest BCUT2D eigenvalue weighted by Gasteiger charge is -2.30. The van der Waals surface area contributed by atoms with Gasteiger partial charge in [-0.05, 0) is 90.4 Å². The van der Waals surface area contributed by atoms with E-state index >= 15 is 0 Å². The Hall–Kier alpha value is -3.40. The molecule has 0 aliphatic carbocycles. The molecule has 2 aliphatic heterocycles. The van der Waals surface area contributed by atoms with Crippen LogP contribution in [0, 0.1) is 11.8 Å². The summed E-state index contributed by atoms with van der Waals surface area (Å²) in [5.74, 6) is -0.692. The highest BCUT2D eigenvalue weighted by Gasteiger charge is 2.34. The number of anilines is 2. The standard InChI is InChI=1S/C33H36N4O6S4/c38-32(26-13-17-36(18-14-26)46(40,41)30-3-1-21-44-30)34-28-9-5-24(6-10-28)23-25-7-11-29(12-8-25)35-33(39)27-15-19-37(20-16-27)47(42,43)31-4-2-22-45-31/h1-12,21-22,26-27H,13-20,23H2,(H,34,38)(H,35,39). The maximum Gasteiger partial charge on any atom is 0.252 e. The third-order valence-corrected chi connectivity index (χ3v) is 15.2. The Labute approximate surface area is 283 Å². The molecule has 10 nitrogen and oxygen atoms in total. The second kappa shape index (κ2) is 14.4. The topological polar surface area (TPSA) is 133 Å². The molecule has 2 aromatic heterocycles. The van der Waals surface area contributed by atoms with Crippen LogP contribution in [0.4, 0.5) is 11.4 Å². The molecule has 14 heteroatoms. The largest absolute Gasteiger partial charge is 0.326 e. The Morgan fingerprint density at radius 1 is 0.596 bits per heavy atom. The lowest BCUT2D eigenvalue weighted by atomic mass is 9.97. The van der Waals surface area contributed by atoms with Gasteiger partial charge in [0.05, 0.1) is 0 Å². The van der Waals surface area contributed by atoms with Crippen LogP contribution in [-0.2, 0) is 36.1 Å². The Balaban J connectivity index is 0.942. The van der Waals surface area contributed by atoms with Crippen molar-refractivity contribution in [1.82, 2.24) is 8.61 Å². The zero-order chi connectivity index (χ0) is 33.0. The number of rotatable bonds is 10. The highest BCUT2D eigenvalue weighted by atomic mass is 32.3. The zero-order valence-corrected chi connectivity index (χ0v) is 28.8. The van der Waals surface area contributed by atoms with Gasteiger partial charge in [0.2, 0.25) is 11.8 Å². The number of sulfonamides is 2. The Morgan fingerprint density at radius 3 is 1.28 bits per heavy atom. The number of nitrogens with zero attached hydrogens (tertiary/aromatic N) is 2. The third kappa shape index (κ3) is 7.85. The number of amides is 2. The molecule has 6 rings (SSSR count). The first-order chi connectivity index (χ1) is 22.6. The summed E-state index contributed by atoms with van der Waals surface area (Å²) in [5, 5.41) is 9.44. The van der Waals surface area contributed by atoms with E-state index < -0.39 is 20.0 Å². The van der Waals surface area contributed by atoms with Gasteiger partial charge < -0.3 is 10.6 Å². The van der Waals surface area contributed by atoms with Crippen LogP contribution < -0.4 is 10.6 Å². The molecule has 0 bridgehead atoms. The summed E-state index contributed by atoms with van der Waals surface area (Å²) in [4.78, 5) is 25.8. The number of benzene rings is 2. The summed E-state index contributed by atoms with van der Waals surface area (Å²) in [6, 6.07) is 22.0. The Morgan fingerprint density at radius 2 is 0.957 bits per heavy atom. The van der Waals surface area contributed by atoms with Crippen molar-refractivity contribution in [2.75, 3.05) is 36.8 Å². The minimum atomic E-state index is -3.50. The smallest absolute Gasteiger partial charge is 0.252 e. The number of carbonyl (C=O) groups excluding carboxylic acids is 2. The number of hydrogen-bond acceptors (Lipinski definition) is 8. The molecule has 0 unspecified atom stereocenters. The quantitative estimate of drug-likeness (QED) is 0.224. The summed E-state index contributed by atoms with van der Waals surface area (Å²) in [6.45, 7) is 1.28. The van der Waals surface area contributed by atoms with Gasteiger partial charge in [0.1, 0.15) is 8.42 Å². The maximum atomic E-state index is 12.9. The fourth-order valence-electron chi connectivity index (χ4n) is 5.93. The van der Waals surface area contributed by atoms with Gasteiger partial charge >= 0.3 is 0 Å². The van der Waals surface area contributed by atoms with Crippen LogP contribution >= 0.6 is 22.7 Å². The van der Waals surface area contributed by atoms with E-state index in [9.17, 15) is 26.4 Å². The van der Waals surface area contributed by atoms with Crippen molar-refractivity contribution in [2.45, 2.75) is 40.5 Å². The fraction of sp³-hybridized carbons (Fsp3) is 0.333. The number of piperidine rings is 2. The highest BCUT2D eigenvalue weighted by molar-refractivity contribution is 7.91. The Kier molecular flexibility index (Phi) is 10.2. The molecule has 4 aromatic rings. The summed E-state index contributed by atoms with van der Waals surface area (Å²) >= 11 is 2.40. The zero-order valence-electron chi connectivity index (χ0n) is 25.6. The van der Waals surface area contributed by atoms with Crippen LogP contribution in [0.3, 0.4) is 0 Å². The van der Waals surface area contributed by atoms with E-state index in [0.717, 1.165) is 11.1 Å². The molecule has 248 valence electrons. The normalized spacial score (nSPS) is 17.4. The van der Waals surface area contributed by atoms with Gasteiger partial charge in [-0.2, -0.15) is 8.61 Å². The molecule has 0 atom stereocenters. The van der Waals surface area contributed by atoms with E-state index in [1.807, 2.05) is 48.5 Å². The SMILES string of the molecule is O=C(Nc1ccc(Cc2ccc(NC(=O)C3CCN(S(=O)(=O)c4cccs4)CC3)cc2)cc1)C1CCN(S(=O)(=O)c2cccs2)CC1. The number of hydrogen-bond donors (Lipinski definition) is 2. The van der Waals surface area contributed by atoms with Crippen LogP contribution in [0.25, 0.3) is 0 Å². The number of thiophene rings is 2. The molecule has 0 saturated carbocycles. The monoisotopic (exact) mass is 712 g/mol. The average molecular weight is 713 g/mol. The van der Waals surface area contributed by atoms with Crippen molar-refractivity contribution in [3.05, 3.63) is 94.7 Å². The lowest BCUT2D eigenvalue weighted by molar-refractivity contribution is -0.121. The van der Waals surface area contributed by atoms with Gasteiger partial charge in [0.15, 0.2) is 0 Å². The van der Waals surface area contributed by atoms with Crippen LogP contribution in [0.5, 0.6) is 0 Å². The van der Waals surface area contributed by atoms with E-state index in [1.54, 1.807) is 35.0 Å². The first-order valence-corrected chi connectivity index (χ1v) is 20.1. The van der Waals surface area contributed by atoms with Crippen molar-refractivity contribution < 1.29 is 26.4 Å². The minimum Gasteiger partial charge on any atom is -0.326 e. The summed E-state index contributed by atoms with van der Waals surface area (Å²) in [6.07, 6.45) is 2.58. The maximum absolute atomic E-state index is 12.9. The van der Waals surface area contributed by atoms with Crippen molar-refractivity contribution >= 4 is 65.9 Å². The van der Waals surface area contributed by atoms with E-state index in [0.29, 0.717) is 78.1 Å². The molecule has 2 aromatic carbocycles. The fourth-order valence-corrected chi connectivity index (χ4v) is 11.2. The Bertz CT molecular complexity index is 1740. The van der Waals surface area contributed by atoms with Crippen LogP contribution in [0.1, 0.15) is 36.8 Å². The second-order valence-corrected chi connectivity index (χ2v) is 18.0. The van der Waals surface area contributed by atoms with Gasteiger partial charge in [-0.1, -0.05) is 36.4 Å². The lowest BCUT2D eigenvalue weighted by Crippen LogP contribution is -2.41. The van der Waals surface area contributed by atoms with E-state index in [4.69, 9.17) is 0 Å². The molecule has 2 aliphatic rings. The van der Waals surface area contributed by atoms with Gasteiger partial charge in [-0.15, -0.1) is 22.7 Å².